The molecule has 6 N–H and O–H groups in total. The van der Waals surface area contributed by atoms with Gasteiger partial charge in [-0.15, -0.1) is 0 Å². The van der Waals surface area contributed by atoms with E-state index in [0.29, 0.717) is 82.0 Å². The molecule has 4 bridgehead atoms. The van der Waals surface area contributed by atoms with E-state index in [-0.39, 0.29) is 48.7 Å². The highest BCUT2D eigenvalue weighted by Crippen LogP contribution is 2.79. The minimum atomic E-state index is -1.74. The normalized spacial score (nSPS) is 46.3. The highest BCUT2D eigenvalue weighted by Gasteiger charge is 2.84. The van der Waals surface area contributed by atoms with E-state index in [1.165, 1.54) is 31.2 Å². The van der Waals surface area contributed by atoms with Crippen LogP contribution in [0.2, 0.25) is 0 Å². The van der Waals surface area contributed by atoms with E-state index in [4.69, 9.17) is 4.74 Å². The zero-order valence-corrected chi connectivity index (χ0v) is 41.8. The van der Waals surface area contributed by atoms with Crippen molar-refractivity contribution in [3.63, 3.8) is 0 Å². The van der Waals surface area contributed by atoms with Gasteiger partial charge in [-0.3, -0.25) is 0 Å². The Kier molecular flexibility index (Phi) is 11.8. The zero-order valence-electron chi connectivity index (χ0n) is 41.8. The van der Waals surface area contributed by atoms with Gasteiger partial charge in [0.25, 0.3) is 0 Å². The van der Waals surface area contributed by atoms with Crippen molar-refractivity contribution < 1.29 is 39.9 Å². The van der Waals surface area contributed by atoms with Crippen molar-refractivity contribution in [1.29, 1.82) is 0 Å². The van der Waals surface area contributed by atoms with Gasteiger partial charge in [0.05, 0.1) is 29.3 Å². The van der Waals surface area contributed by atoms with Crippen molar-refractivity contribution in [1.82, 2.24) is 5.32 Å². The maximum atomic E-state index is 15.0. The van der Waals surface area contributed by atoms with Crippen LogP contribution < -0.4 is 5.32 Å². The number of carbonyl (C=O) groups excluding carboxylic acids is 2. The minimum absolute atomic E-state index is 0.0865. The van der Waals surface area contributed by atoms with Gasteiger partial charge in [-0.25, -0.2) is 4.79 Å². The predicted octanol–water partition coefficient (Wildman–Crippen LogP) is 8.18. The molecule has 10 aliphatic carbocycles. The summed E-state index contributed by atoms with van der Waals surface area (Å²) in [5.74, 6) is 6.11. The molecule has 13 rings (SSSR count). The van der Waals surface area contributed by atoms with Crippen molar-refractivity contribution in [2.75, 3.05) is 7.05 Å². The molecule has 2 aromatic rings. The predicted molar refractivity (Wildman–Crippen MR) is 266 cm³/mol. The average molecular weight is 954 g/mol. The molecular formula is C61H79NO8. The molecule has 8 saturated carbocycles. The number of fused-ring (bicyclic) bond motifs is 6. The fraction of sp³-hybridized carbons (Fsp3) is 0.705. The molecule has 70 heavy (non-hydrogen) atoms. The van der Waals surface area contributed by atoms with Crippen molar-refractivity contribution in [2.45, 2.75) is 183 Å². The number of carbonyl (C=O) groups is 2. The van der Waals surface area contributed by atoms with Crippen molar-refractivity contribution in [3.8, 4) is 11.8 Å². The number of nitrogens with one attached hydrogen (secondary N) is 1. The molecule has 1 aliphatic heterocycles. The first-order valence-corrected chi connectivity index (χ1v) is 27.9. The summed E-state index contributed by atoms with van der Waals surface area (Å²) < 4.78 is 6.35. The molecule has 18 unspecified atom stereocenters. The Labute approximate surface area is 416 Å². The summed E-state index contributed by atoms with van der Waals surface area (Å²) in [5, 5.41) is 70.8. The van der Waals surface area contributed by atoms with Crippen LogP contribution in [0.4, 0.5) is 0 Å². The number of rotatable bonds is 8. The number of esters is 1. The highest BCUT2D eigenvalue weighted by molar-refractivity contribution is 5.86. The van der Waals surface area contributed by atoms with E-state index in [2.05, 4.69) is 54.4 Å². The van der Waals surface area contributed by atoms with E-state index < -0.39 is 63.0 Å². The van der Waals surface area contributed by atoms with E-state index >= 15 is 4.79 Å². The smallest absolute Gasteiger partial charge is 0.331 e. The lowest BCUT2D eigenvalue weighted by Crippen LogP contribution is -2.82. The van der Waals surface area contributed by atoms with Crippen LogP contribution in [0.1, 0.15) is 151 Å². The number of likely N-dealkylation sites (N-methyl/N-ethyl adjacent to an activating group) is 1. The Morgan fingerprint density at radius 1 is 0.914 bits per heavy atom. The van der Waals surface area contributed by atoms with Crippen LogP contribution in [0.15, 0.2) is 60.2 Å². The molecule has 0 aromatic heterocycles. The summed E-state index contributed by atoms with van der Waals surface area (Å²) >= 11 is 0. The van der Waals surface area contributed by atoms with Crippen molar-refractivity contribution in [3.05, 3.63) is 82.4 Å². The van der Waals surface area contributed by atoms with Gasteiger partial charge in [0.15, 0.2) is 0 Å². The molecule has 9 nitrogen and oxygen atoms in total. The second-order valence-electron chi connectivity index (χ2n) is 25.5. The van der Waals surface area contributed by atoms with Crippen LogP contribution in [0.5, 0.6) is 0 Å². The molecule has 0 saturated heterocycles. The molecule has 0 radical (unpaired) electrons. The third kappa shape index (κ3) is 6.63. The molecule has 376 valence electrons. The molecule has 2 spiro atoms. The fourth-order valence-electron chi connectivity index (χ4n) is 20.3. The first-order chi connectivity index (χ1) is 33.8. The number of benzene rings is 2. The Hall–Kier alpha value is -3.36. The van der Waals surface area contributed by atoms with Gasteiger partial charge < -0.3 is 40.4 Å². The lowest BCUT2D eigenvalue weighted by molar-refractivity contribution is -0.355. The number of hydrogen-bond acceptors (Lipinski definition) is 9. The third-order valence-electron chi connectivity index (χ3n) is 23.2. The Bertz CT molecular complexity index is 2460. The number of aliphatic hydroxyl groups excluding tert-OH is 2. The molecule has 2 aromatic carbocycles. The number of aryl methyl sites for hydroxylation is 1. The van der Waals surface area contributed by atoms with Gasteiger partial charge in [-0.2, -0.15) is 0 Å². The number of hydrogen-bond donors (Lipinski definition) is 6. The van der Waals surface area contributed by atoms with Gasteiger partial charge in [0.1, 0.15) is 18.0 Å². The van der Waals surface area contributed by atoms with Gasteiger partial charge in [-0.1, -0.05) is 86.9 Å². The lowest BCUT2D eigenvalue weighted by atomic mass is 9.33. The lowest BCUT2D eigenvalue weighted by Gasteiger charge is -2.73. The summed E-state index contributed by atoms with van der Waals surface area (Å²) in [6.07, 6.45) is 17.1. The Morgan fingerprint density at radius 3 is 2.50 bits per heavy atom. The number of aldehydes is 1. The Balaban J connectivity index is 0.992. The minimum Gasteiger partial charge on any atom is -0.454 e. The standard InChI is InChI=1S/C61H79NO8/c1-37(40-13-6-7-14-40)42-20-21-49-55(66)56(25-22-39(31-56)19-18-38-11-4-3-5-12-38)35-58(36-64)51-23-26-57-24-9-8-15-41-16-10-17-43(34-63)46(41)29-50(62-2)47-28-44(53(57)48-30-52(65)70-54(47)48)32-60(57,68)59(51,67)33-45(27-42)61(49,58)69/h3-5,10-12,16-17,30,36-37,39-40,42,44-45,47,49-51,53-55,62-63,66-69H,6-7,9,13-14,18-29,31-35H2,1-2H3. The van der Waals surface area contributed by atoms with E-state index in [9.17, 15) is 30.3 Å². The summed E-state index contributed by atoms with van der Waals surface area (Å²) in [5.41, 5.74) is -2.88. The summed E-state index contributed by atoms with van der Waals surface area (Å²) in [6.45, 7) is 2.30. The quantitative estimate of drug-likeness (QED) is 0.0873. The second kappa shape index (κ2) is 17.4. The SMILES string of the molecule is CNC1Cc2c(cccc2CO)C#CCCC23CCC4C(O)(CC5CC(C(C)C6CCCC6)CCC6C(O)C7(CCC(CCc8ccccc8)C7)CC4(C=O)C56O)C2(O)CC2CC1C1OC(=O)C=C1C23. The van der Waals surface area contributed by atoms with Crippen LogP contribution in [-0.2, 0) is 33.8 Å². The molecule has 8 fully saturated rings. The van der Waals surface area contributed by atoms with Crippen LogP contribution in [0.3, 0.4) is 0 Å². The summed E-state index contributed by atoms with van der Waals surface area (Å²) in [6, 6.07) is 16.4. The topological polar surface area (TPSA) is 157 Å². The largest absolute Gasteiger partial charge is 0.454 e. The second-order valence-corrected chi connectivity index (χ2v) is 25.5. The maximum absolute atomic E-state index is 15.0. The zero-order chi connectivity index (χ0) is 48.4. The number of ether oxygens (including phenoxy) is 1. The average Bonchev–Trinajstić information content (AvgIpc) is 4.16. The van der Waals surface area contributed by atoms with Crippen molar-refractivity contribution in [2.24, 2.45) is 75.4 Å². The molecule has 9 heteroatoms. The summed E-state index contributed by atoms with van der Waals surface area (Å²) in [4.78, 5) is 28.7. The van der Waals surface area contributed by atoms with Crippen molar-refractivity contribution >= 4 is 12.3 Å². The molecule has 11 aliphatic rings. The van der Waals surface area contributed by atoms with Gasteiger partial charge in [-0.05, 0) is 185 Å². The first kappa shape index (κ1) is 47.6. The van der Waals surface area contributed by atoms with Crippen LogP contribution in [0.25, 0.3) is 0 Å². The van der Waals surface area contributed by atoms with Crippen LogP contribution in [-0.4, -0.2) is 79.9 Å². The Morgan fingerprint density at radius 2 is 1.73 bits per heavy atom. The van der Waals surface area contributed by atoms with Gasteiger partial charge in [0.2, 0.25) is 0 Å². The molecule has 18 atom stereocenters. The first-order valence-electron chi connectivity index (χ1n) is 27.9. The number of aliphatic hydroxyl groups is 5. The molecular weight excluding hydrogens is 875 g/mol. The van der Waals surface area contributed by atoms with E-state index in [1.807, 2.05) is 25.2 Å². The van der Waals surface area contributed by atoms with Gasteiger partial charge in [0, 0.05) is 47.3 Å². The highest BCUT2D eigenvalue weighted by atomic mass is 16.5. The summed E-state index contributed by atoms with van der Waals surface area (Å²) in [7, 11) is 1.95. The van der Waals surface area contributed by atoms with Gasteiger partial charge >= 0.3 is 5.97 Å². The molecule has 1 heterocycles. The van der Waals surface area contributed by atoms with Crippen LogP contribution >= 0.6 is 0 Å². The van der Waals surface area contributed by atoms with Crippen LogP contribution in [0, 0.1) is 87.3 Å². The maximum Gasteiger partial charge on any atom is 0.331 e. The molecule has 0 amide bonds. The van der Waals surface area contributed by atoms with E-state index in [0.717, 1.165) is 67.1 Å². The van der Waals surface area contributed by atoms with E-state index in [1.54, 1.807) is 6.08 Å². The monoisotopic (exact) mass is 954 g/mol. The third-order valence-corrected chi connectivity index (χ3v) is 23.2. The fourth-order valence-corrected chi connectivity index (χ4v) is 20.3.